The van der Waals surface area contributed by atoms with Crippen molar-refractivity contribution in [2.45, 2.75) is 25.7 Å². The lowest BCUT2D eigenvalue weighted by Gasteiger charge is -1.92. The van der Waals surface area contributed by atoms with Crippen LogP contribution in [-0.4, -0.2) is 17.6 Å². The van der Waals surface area contributed by atoms with Gasteiger partial charge in [-0.05, 0) is 25.8 Å². The summed E-state index contributed by atoms with van der Waals surface area (Å²) in [6, 6.07) is 0. The van der Waals surface area contributed by atoms with Crippen LogP contribution in [0.15, 0.2) is 12.2 Å². The Morgan fingerprint density at radius 2 is 2.00 bits per heavy atom. The van der Waals surface area contributed by atoms with Crippen LogP contribution in [0.1, 0.15) is 25.7 Å². The van der Waals surface area contributed by atoms with Crippen molar-refractivity contribution in [3.8, 4) is 0 Å². The van der Waals surface area contributed by atoms with Gasteiger partial charge >= 0.3 is 5.97 Å². The molecule has 0 fully saturated rings. The lowest BCUT2D eigenvalue weighted by atomic mass is 10.2. The number of hydrogen-bond acceptors (Lipinski definition) is 2. The first kappa shape index (κ1) is 14.0. The first-order valence-corrected chi connectivity index (χ1v) is 3.87. The van der Waals surface area contributed by atoms with Gasteiger partial charge in [-0.15, -0.1) is 12.4 Å². The minimum absolute atomic E-state index is 0. The van der Waals surface area contributed by atoms with Crippen molar-refractivity contribution < 1.29 is 9.90 Å². The Kier molecular flexibility index (Phi) is 12.2. The summed E-state index contributed by atoms with van der Waals surface area (Å²) in [5.74, 6) is -0.871. The number of unbranched alkanes of at least 4 members (excludes halogenated alkanes) is 3. The molecule has 4 heteroatoms. The van der Waals surface area contributed by atoms with Crippen molar-refractivity contribution in [2.24, 2.45) is 5.73 Å². The third-order valence-corrected chi connectivity index (χ3v) is 1.34. The number of carboxylic acids is 1. The van der Waals surface area contributed by atoms with Gasteiger partial charge in [0.05, 0.1) is 0 Å². The van der Waals surface area contributed by atoms with Crippen LogP contribution >= 0.6 is 12.4 Å². The highest BCUT2D eigenvalue weighted by atomic mass is 35.5. The second-order valence-corrected chi connectivity index (χ2v) is 2.38. The molecule has 0 aliphatic heterocycles. The van der Waals surface area contributed by atoms with Crippen LogP contribution < -0.4 is 5.73 Å². The molecule has 0 aliphatic rings. The topological polar surface area (TPSA) is 63.3 Å². The fraction of sp³-hybridized carbons (Fsp3) is 0.625. The summed E-state index contributed by atoms with van der Waals surface area (Å²) in [6.45, 7) is 0.725. The molecule has 0 saturated heterocycles. The van der Waals surface area contributed by atoms with Gasteiger partial charge in [0.2, 0.25) is 0 Å². The Morgan fingerprint density at radius 3 is 2.50 bits per heavy atom. The molecule has 0 aliphatic carbocycles. The zero-order chi connectivity index (χ0) is 8.53. The molecule has 0 radical (unpaired) electrons. The third kappa shape index (κ3) is 12.2. The lowest BCUT2D eigenvalue weighted by molar-refractivity contribution is -0.131. The molecular weight excluding hydrogens is 178 g/mol. The molecule has 0 heterocycles. The van der Waals surface area contributed by atoms with E-state index in [9.17, 15) is 4.79 Å². The molecule has 0 unspecified atom stereocenters. The van der Waals surface area contributed by atoms with Crippen molar-refractivity contribution in [1.29, 1.82) is 0 Å². The molecule has 0 amide bonds. The van der Waals surface area contributed by atoms with Gasteiger partial charge in [-0.1, -0.05) is 12.5 Å². The molecule has 72 valence electrons. The highest BCUT2D eigenvalue weighted by Gasteiger charge is 1.86. The predicted octanol–water partition coefficient (Wildman–Crippen LogP) is 1.57. The van der Waals surface area contributed by atoms with Crippen LogP contribution in [0, 0.1) is 0 Å². The zero-order valence-corrected chi connectivity index (χ0v) is 7.85. The normalized spacial score (nSPS) is 9.75. The number of nitrogens with two attached hydrogens (primary N) is 1. The monoisotopic (exact) mass is 193 g/mol. The quantitative estimate of drug-likeness (QED) is 0.497. The van der Waals surface area contributed by atoms with E-state index < -0.39 is 5.97 Å². The van der Waals surface area contributed by atoms with E-state index in [1.54, 1.807) is 6.08 Å². The summed E-state index contributed by atoms with van der Waals surface area (Å²) in [7, 11) is 0. The number of carbonyl (C=O) groups is 1. The minimum atomic E-state index is -0.871. The molecule has 0 rings (SSSR count). The maximum atomic E-state index is 9.98. The van der Waals surface area contributed by atoms with Crippen LogP contribution in [0.3, 0.4) is 0 Å². The van der Waals surface area contributed by atoms with E-state index in [4.69, 9.17) is 10.8 Å². The number of allylic oxidation sites excluding steroid dienone is 1. The molecule has 0 saturated carbocycles. The third-order valence-electron chi connectivity index (χ3n) is 1.34. The summed E-state index contributed by atoms with van der Waals surface area (Å²) in [5, 5.41) is 8.21. The number of hydrogen-bond donors (Lipinski definition) is 2. The van der Waals surface area contributed by atoms with Gasteiger partial charge in [-0.2, -0.15) is 0 Å². The summed E-state index contributed by atoms with van der Waals surface area (Å²) >= 11 is 0. The molecule has 0 aromatic carbocycles. The van der Waals surface area contributed by atoms with Crippen molar-refractivity contribution >= 4 is 18.4 Å². The van der Waals surface area contributed by atoms with Crippen molar-refractivity contribution in [3.05, 3.63) is 12.2 Å². The fourth-order valence-electron chi connectivity index (χ4n) is 0.767. The lowest BCUT2D eigenvalue weighted by Crippen LogP contribution is -1.97. The van der Waals surface area contributed by atoms with Crippen LogP contribution in [0.2, 0.25) is 0 Å². The SMILES string of the molecule is Cl.NCCCCCC=CC(=O)O. The van der Waals surface area contributed by atoms with Crippen molar-refractivity contribution in [2.75, 3.05) is 6.54 Å². The Bertz CT molecular complexity index is 137. The molecule has 12 heavy (non-hydrogen) atoms. The number of aliphatic carboxylic acids is 1. The summed E-state index contributed by atoms with van der Waals surface area (Å²) in [5.41, 5.74) is 5.28. The highest BCUT2D eigenvalue weighted by molar-refractivity contribution is 5.85. The van der Waals surface area contributed by atoms with Gasteiger partial charge in [0.1, 0.15) is 0 Å². The van der Waals surface area contributed by atoms with E-state index in [-0.39, 0.29) is 12.4 Å². The van der Waals surface area contributed by atoms with Gasteiger partial charge in [-0.3, -0.25) is 0 Å². The summed E-state index contributed by atoms with van der Waals surface area (Å²) in [6.07, 6.45) is 6.84. The standard InChI is InChI=1S/C8H15NO2.ClH/c9-7-5-3-1-2-4-6-8(10)11;/h4,6H,1-3,5,7,9H2,(H,10,11);1H. The molecule has 0 atom stereocenters. The summed E-state index contributed by atoms with van der Waals surface area (Å²) < 4.78 is 0. The Labute approximate surface area is 79.1 Å². The Balaban J connectivity index is 0. The second-order valence-electron chi connectivity index (χ2n) is 2.38. The van der Waals surface area contributed by atoms with Crippen molar-refractivity contribution in [3.63, 3.8) is 0 Å². The first-order chi connectivity index (χ1) is 5.27. The molecule has 0 aromatic rings. The second kappa shape index (κ2) is 10.5. The molecule has 3 nitrogen and oxygen atoms in total. The van der Waals surface area contributed by atoms with E-state index >= 15 is 0 Å². The largest absolute Gasteiger partial charge is 0.478 e. The van der Waals surface area contributed by atoms with Gasteiger partial charge in [0.25, 0.3) is 0 Å². The number of rotatable bonds is 6. The fourth-order valence-corrected chi connectivity index (χ4v) is 0.767. The van der Waals surface area contributed by atoms with Crippen LogP contribution in [0.5, 0.6) is 0 Å². The van der Waals surface area contributed by atoms with E-state index in [1.165, 1.54) is 6.08 Å². The molecule has 0 bridgehead atoms. The number of carboxylic acid groups (broad SMARTS) is 1. The van der Waals surface area contributed by atoms with Gasteiger partial charge in [0.15, 0.2) is 0 Å². The summed E-state index contributed by atoms with van der Waals surface area (Å²) in [4.78, 5) is 9.98. The molecular formula is C8H16ClNO2. The van der Waals surface area contributed by atoms with Crippen molar-refractivity contribution in [1.82, 2.24) is 0 Å². The minimum Gasteiger partial charge on any atom is -0.478 e. The maximum Gasteiger partial charge on any atom is 0.327 e. The average molecular weight is 194 g/mol. The highest BCUT2D eigenvalue weighted by Crippen LogP contribution is 1.98. The van der Waals surface area contributed by atoms with Crippen LogP contribution in [0.4, 0.5) is 0 Å². The number of halogens is 1. The average Bonchev–Trinajstić information content (AvgIpc) is 1.96. The van der Waals surface area contributed by atoms with Gasteiger partial charge in [0, 0.05) is 6.08 Å². The van der Waals surface area contributed by atoms with E-state index in [2.05, 4.69) is 0 Å². The van der Waals surface area contributed by atoms with Crippen LogP contribution in [0.25, 0.3) is 0 Å². The molecule has 0 aromatic heterocycles. The predicted molar refractivity (Wildman–Crippen MR) is 51.5 cm³/mol. The maximum absolute atomic E-state index is 9.98. The first-order valence-electron chi connectivity index (χ1n) is 3.87. The van der Waals surface area contributed by atoms with Gasteiger partial charge < -0.3 is 10.8 Å². The van der Waals surface area contributed by atoms with E-state index in [0.29, 0.717) is 0 Å². The smallest absolute Gasteiger partial charge is 0.327 e. The molecule has 3 N–H and O–H groups in total. The van der Waals surface area contributed by atoms with E-state index in [0.717, 1.165) is 32.2 Å². The Morgan fingerprint density at radius 1 is 1.33 bits per heavy atom. The van der Waals surface area contributed by atoms with Crippen LogP contribution in [-0.2, 0) is 4.79 Å². The van der Waals surface area contributed by atoms with Gasteiger partial charge in [-0.25, -0.2) is 4.79 Å². The zero-order valence-electron chi connectivity index (χ0n) is 7.03. The Hall–Kier alpha value is -0.540. The van der Waals surface area contributed by atoms with E-state index in [1.807, 2.05) is 0 Å². The molecule has 0 spiro atoms.